The number of esters is 1. The standard InChI is InChI=1S/C14H14F2N2O5S/c1-8-14(9(2)23-18-8)24(20,21)17-6-12(19)22-7-10-4-3-5-11(15)13(10)16/h3-5,17H,6-7H2,1-2H3. The molecule has 1 heterocycles. The molecule has 0 saturated carbocycles. The molecule has 0 bridgehead atoms. The van der Waals surface area contributed by atoms with Gasteiger partial charge in [-0.25, -0.2) is 17.2 Å². The van der Waals surface area contributed by atoms with Gasteiger partial charge in [0.25, 0.3) is 0 Å². The highest BCUT2D eigenvalue weighted by molar-refractivity contribution is 7.89. The number of aromatic nitrogens is 1. The van der Waals surface area contributed by atoms with E-state index in [1.165, 1.54) is 26.0 Å². The zero-order valence-corrected chi connectivity index (χ0v) is 13.6. The van der Waals surface area contributed by atoms with Crippen LogP contribution >= 0.6 is 0 Å². The number of nitrogens with zero attached hydrogens (tertiary/aromatic N) is 1. The predicted molar refractivity (Wildman–Crippen MR) is 77.3 cm³/mol. The van der Waals surface area contributed by atoms with Crippen molar-refractivity contribution in [2.45, 2.75) is 25.3 Å². The van der Waals surface area contributed by atoms with Gasteiger partial charge in [0.2, 0.25) is 10.0 Å². The van der Waals surface area contributed by atoms with Crippen LogP contribution in [0.3, 0.4) is 0 Å². The van der Waals surface area contributed by atoms with Crippen LogP contribution < -0.4 is 4.72 Å². The summed E-state index contributed by atoms with van der Waals surface area (Å²) in [5, 5.41) is 3.52. The Bertz CT molecular complexity index is 845. The van der Waals surface area contributed by atoms with E-state index in [1.807, 2.05) is 4.72 Å². The van der Waals surface area contributed by atoms with Gasteiger partial charge in [0, 0.05) is 5.56 Å². The van der Waals surface area contributed by atoms with E-state index >= 15 is 0 Å². The fraction of sp³-hybridized carbons (Fsp3) is 0.286. The second-order valence-corrected chi connectivity index (χ2v) is 6.56. The molecule has 130 valence electrons. The van der Waals surface area contributed by atoms with Gasteiger partial charge in [0.1, 0.15) is 23.7 Å². The first-order valence-electron chi connectivity index (χ1n) is 6.73. The summed E-state index contributed by atoms with van der Waals surface area (Å²) in [6.45, 7) is 1.66. The van der Waals surface area contributed by atoms with Crippen LogP contribution in [0.2, 0.25) is 0 Å². The molecule has 1 aromatic heterocycles. The number of benzene rings is 1. The van der Waals surface area contributed by atoms with Crippen LogP contribution in [0.25, 0.3) is 0 Å². The fourth-order valence-electron chi connectivity index (χ4n) is 1.95. The number of aryl methyl sites for hydroxylation is 2. The monoisotopic (exact) mass is 360 g/mol. The average Bonchev–Trinajstić information content (AvgIpc) is 2.86. The summed E-state index contributed by atoms with van der Waals surface area (Å²) in [6.07, 6.45) is 0. The Morgan fingerprint density at radius 2 is 2.04 bits per heavy atom. The molecule has 24 heavy (non-hydrogen) atoms. The van der Waals surface area contributed by atoms with E-state index in [0.29, 0.717) is 0 Å². The second-order valence-electron chi connectivity index (χ2n) is 4.85. The zero-order valence-electron chi connectivity index (χ0n) is 12.8. The van der Waals surface area contributed by atoms with Crippen molar-refractivity contribution < 1.29 is 31.3 Å². The minimum absolute atomic E-state index is 0.0789. The third-order valence-corrected chi connectivity index (χ3v) is 4.71. The van der Waals surface area contributed by atoms with E-state index < -0.39 is 40.8 Å². The molecular formula is C14H14F2N2O5S. The van der Waals surface area contributed by atoms with E-state index in [4.69, 9.17) is 9.26 Å². The molecule has 0 aliphatic rings. The maximum Gasteiger partial charge on any atom is 0.321 e. The number of hydrogen-bond donors (Lipinski definition) is 1. The first-order chi connectivity index (χ1) is 11.2. The lowest BCUT2D eigenvalue weighted by atomic mass is 10.2. The lowest BCUT2D eigenvalue weighted by Gasteiger charge is -2.08. The minimum Gasteiger partial charge on any atom is -0.460 e. The van der Waals surface area contributed by atoms with E-state index in [9.17, 15) is 22.0 Å². The highest BCUT2D eigenvalue weighted by Crippen LogP contribution is 2.18. The van der Waals surface area contributed by atoms with E-state index in [2.05, 4.69) is 5.16 Å². The summed E-state index contributed by atoms with van der Waals surface area (Å²) in [5.41, 5.74) is -0.00729. The summed E-state index contributed by atoms with van der Waals surface area (Å²) in [4.78, 5) is 11.4. The van der Waals surface area contributed by atoms with Gasteiger partial charge in [-0.05, 0) is 19.9 Å². The van der Waals surface area contributed by atoms with Gasteiger partial charge in [-0.15, -0.1) is 0 Å². The molecule has 0 fully saturated rings. The molecule has 0 radical (unpaired) electrons. The van der Waals surface area contributed by atoms with Crippen molar-refractivity contribution in [3.63, 3.8) is 0 Å². The Kier molecular flexibility index (Phi) is 5.30. The van der Waals surface area contributed by atoms with Crippen molar-refractivity contribution in [3.8, 4) is 0 Å². The Balaban J connectivity index is 1.95. The second kappa shape index (κ2) is 7.05. The highest BCUT2D eigenvalue weighted by atomic mass is 32.2. The molecule has 0 amide bonds. The van der Waals surface area contributed by atoms with Crippen molar-refractivity contribution >= 4 is 16.0 Å². The number of carbonyl (C=O) groups excluding carboxylic acids is 1. The molecule has 0 spiro atoms. The molecule has 0 atom stereocenters. The van der Waals surface area contributed by atoms with Crippen LogP contribution in [0.15, 0.2) is 27.6 Å². The lowest BCUT2D eigenvalue weighted by Crippen LogP contribution is -2.31. The maximum absolute atomic E-state index is 13.4. The summed E-state index contributed by atoms with van der Waals surface area (Å²) >= 11 is 0. The number of nitrogens with one attached hydrogen (secondary N) is 1. The summed E-state index contributed by atoms with van der Waals surface area (Å²) in [6, 6.07) is 3.44. The van der Waals surface area contributed by atoms with E-state index in [1.54, 1.807) is 0 Å². The number of sulfonamides is 1. The van der Waals surface area contributed by atoms with Crippen LogP contribution in [0.5, 0.6) is 0 Å². The van der Waals surface area contributed by atoms with Gasteiger partial charge in [-0.2, -0.15) is 4.72 Å². The Morgan fingerprint density at radius 3 is 2.67 bits per heavy atom. The molecule has 1 N–H and O–H groups in total. The maximum atomic E-state index is 13.4. The van der Waals surface area contributed by atoms with Crippen molar-refractivity contribution in [2.24, 2.45) is 0 Å². The van der Waals surface area contributed by atoms with Gasteiger partial charge in [-0.1, -0.05) is 17.3 Å². The van der Waals surface area contributed by atoms with Crippen molar-refractivity contribution in [3.05, 3.63) is 46.9 Å². The molecule has 0 unspecified atom stereocenters. The molecule has 7 nitrogen and oxygen atoms in total. The molecule has 2 rings (SSSR count). The topological polar surface area (TPSA) is 98.5 Å². The van der Waals surface area contributed by atoms with Crippen molar-refractivity contribution in [1.29, 1.82) is 0 Å². The van der Waals surface area contributed by atoms with Crippen LogP contribution in [-0.2, 0) is 26.2 Å². The highest BCUT2D eigenvalue weighted by Gasteiger charge is 2.25. The molecule has 1 aromatic carbocycles. The van der Waals surface area contributed by atoms with Gasteiger partial charge in [0.15, 0.2) is 17.4 Å². The van der Waals surface area contributed by atoms with Gasteiger partial charge in [-0.3, -0.25) is 4.79 Å². The molecule has 0 aliphatic carbocycles. The van der Waals surface area contributed by atoms with Crippen LogP contribution in [0.1, 0.15) is 17.0 Å². The summed E-state index contributed by atoms with van der Waals surface area (Å²) < 4.78 is 62.1. The number of rotatable bonds is 6. The number of ether oxygens (including phenoxy) is 1. The summed E-state index contributed by atoms with van der Waals surface area (Å²) in [5.74, 6) is -3.06. The normalized spacial score (nSPS) is 11.5. The van der Waals surface area contributed by atoms with Crippen LogP contribution in [0.4, 0.5) is 8.78 Å². The van der Waals surface area contributed by atoms with Crippen LogP contribution in [-0.4, -0.2) is 26.1 Å². The Hall–Kier alpha value is -2.33. The molecule has 2 aromatic rings. The first-order valence-corrected chi connectivity index (χ1v) is 8.21. The Labute approximate surface area is 136 Å². The Morgan fingerprint density at radius 1 is 1.33 bits per heavy atom. The largest absolute Gasteiger partial charge is 0.460 e. The van der Waals surface area contributed by atoms with E-state index in [-0.39, 0.29) is 21.9 Å². The SMILES string of the molecule is Cc1noc(C)c1S(=O)(=O)NCC(=O)OCc1cccc(F)c1F. The molecular weight excluding hydrogens is 346 g/mol. The third-order valence-electron chi connectivity index (χ3n) is 3.06. The molecule has 0 saturated heterocycles. The number of carbonyl (C=O) groups is 1. The zero-order chi connectivity index (χ0) is 17.9. The van der Waals surface area contributed by atoms with Crippen molar-refractivity contribution in [1.82, 2.24) is 9.88 Å². The van der Waals surface area contributed by atoms with Gasteiger partial charge in [0.05, 0.1) is 0 Å². The first kappa shape index (κ1) is 18.0. The third kappa shape index (κ3) is 3.95. The lowest BCUT2D eigenvalue weighted by molar-refractivity contribution is -0.143. The smallest absolute Gasteiger partial charge is 0.321 e. The van der Waals surface area contributed by atoms with Gasteiger partial charge >= 0.3 is 5.97 Å². The van der Waals surface area contributed by atoms with Gasteiger partial charge < -0.3 is 9.26 Å². The number of hydrogen-bond acceptors (Lipinski definition) is 6. The van der Waals surface area contributed by atoms with Crippen molar-refractivity contribution in [2.75, 3.05) is 6.54 Å². The minimum atomic E-state index is -4.01. The predicted octanol–water partition coefficient (Wildman–Crippen LogP) is 1.59. The molecule has 10 heteroatoms. The molecule has 0 aliphatic heterocycles. The fourth-order valence-corrected chi connectivity index (χ4v) is 3.25. The average molecular weight is 360 g/mol. The number of halogens is 2. The quantitative estimate of drug-likeness (QED) is 0.786. The van der Waals surface area contributed by atoms with Crippen LogP contribution in [0, 0.1) is 25.5 Å². The summed E-state index contributed by atoms with van der Waals surface area (Å²) in [7, 11) is -4.01. The van der Waals surface area contributed by atoms with E-state index in [0.717, 1.165) is 6.07 Å².